The van der Waals surface area contributed by atoms with Gasteiger partial charge in [0.2, 0.25) is 0 Å². The van der Waals surface area contributed by atoms with Gasteiger partial charge in [-0.1, -0.05) is 6.07 Å². The number of carbonyl (C=O) groups is 3. The first-order valence-corrected chi connectivity index (χ1v) is 11.9. The zero-order valence-electron chi connectivity index (χ0n) is 19.7. The molecule has 0 spiro atoms. The maximum absolute atomic E-state index is 13.2. The molecule has 4 heterocycles. The van der Waals surface area contributed by atoms with Crippen LogP contribution in [0.4, 0.5) is 0 Å². The summed E-state index contributed by atoms with van der Waals surface area (Å²) in [5, 5.41) is 0. The van der Waals surface area contributed by atoms with Gasteiger partial charge in [-0.05, 0) is 55.3 Å². The summed E-state index contributed by atoms with van der Waals surface area (Å²) in [4.78, 5) is 48.6. The number of fused-ring (bicyclic) bond motifs is 1. The van der Waals surface area contributed by atoms with Crippen molar-refractivity contribution < 1.29 is 18.8 Å². The average molecular weight is 473 g/mol. The number of likely N-dealkylation sites (tertiary alicyclic amines) is 1. The lowest BCUT2D eigenvalue weighted by Gasteiger charge is -2.36. The summed E-state index contributed by atoms with van der Waals surface area (Å²) in [5.41, 5.74) is 2.10. The molecule has 0 bridgehead atoms. The number of imide groups is 1. The average Bonchev–Trinajstić information content (AvgIpc) is 3.50. The zero-order chi connectivity index (χ0) is 24.4. The van der Waals surface area contributed by atoms with Crippen LogP contribution in [-0.2, 0) is 13.0 Å². The van der Waals surface area contributed by atoms with Crippen molar-refractivity contribution >= 4 is 17.7 Å². The van der Waals surface area contributed by atoms with Crippen LogP contribution in [0.15, 0.2) is 65.4 Å². The van der Waals surface area contributed by atoms with Gasteiger partial charge in [0.05, 0.1) is 23.9 Å². The van der Waals surface area contributed by atoms with E-state index in [0.717, 1.165) is 49.5 Å². The van der Waals surface area contributed by atoms with Crippen LogP contribution < -0.4 is 0 Å². The van der Waals surface area contributed by atoms with Crippen molar-refractivity contribution in [1.29, 1.82) is 0 Å². The van der Waals surface area contributed by atoms with E-state index in [2.05, 4.69) is 9.88 Å². The molecule has 1 aromatic carbocycles. The molecule has 1 saturated heterocycles. The predicted molar refractivity (Wildman–Crippen MR) is 129 cm³/mol. The Balaban J connectivity index is 1.19. The van der Waals surface area contributed by atoms with Crippen LogP contribution in [0.5, 0.6) is 0 Å². The number of rotatable bonds is 7. The summed E-state index contributed by atoms with van der Waals surface area (Å²) in [5.74, 6) is -0.377. The van der Waals surface area contributed by atoms with Gasteiger partial charge in [-0.2, -0.15) is 0 Å². The monoisotopic (exact) mass is 472 g/mol. The zero-order valence-corrected chi connectivity index (χ0v) is 19.7. The molecule has 1 fully saturated rings. The predicted octanol–water partition coefficient (Wildman–Crippen LogP) is 3.25. The summed E-state index contributed by atoms with van der Waals surface area (Å²) in [6.45, 7) is 2.88. The third-order valence-electron chi connectivity index (χ3n) is 6.95. The van der Waals surface area contributed by atoms with Crippen LogP contribution in [0.2, 0.25) is 0 Å². The second-order valence-electron chi connectivity index (χ2n) is 9.10. The molecule has 0 unspecified atom stereocenters. The number of hydrogen-bond donors (Lipinski definition) is 0. The molecule has 2 aromatic heterocycles. The van der Waals surface area contributed by atoms with Gasteiger partial charge in [0.15, 0.2) is 0 Å². The van der Waals surface area contributed by atoms with E-state index in [0.29, 0.717) is 16.9 Å². The molecule has 35 heavy (non-hydrogen) atoms. The highest BCUT2D eigenvalue weighted by molar-refractivity contribution is 6.22. The van der Waals surface area contributed by atoms with Gasteiger partial charge in [0, 0.05) is 56.6 Å². The number of amides is 3. The van der Waals surface area contributed by atoms with E-state index >= 15 is 0 Å². The van der Waals surface area contributed by atoms with E-state index in [1.54, 1.807) is 35.2 Å². The molecule has 2 aliphatic rings. The molecular formula is C27H28N4O4. The van der Waals surface area contributed by atoms with Crippen LogP contribution in [0, 0.1) is 0 Å². The Morgan fingerprint density at radius 2 is 1.86 bits per heavy atom. The minimum Gasteiger partial charge on any atom is -0.467 e. The number of pyridine rings is 1. The third-order valence-corrected chi connectivity index (χ3v) is 6.95. The van der Waals surface area contributed by atoms with Crippen molar-refractivity contribution in [3.63, 3.8) is 0 Å². The Bertz CT molecular complexity index is 1220. The second-order valence-corrected chi connectivity index (χ2v) is 9.10. The van der Waals surface area contributed by atoms with Gasteiger partial charge in [0.25, 0.3) is 17.7 Å². The molecule has 0 radical (unpaired) electrons. The Hall–Kier alpha value is -3.78. The van der Waals surface area contributed by atoms with E-state index in [1.807, 2.05) is 31.4 Å². The van der Waals surface area contributed by atoms with Crippen molar-refractivity contribution in [3.8, 4) is 0 Å². The minimum absolute atomic E-state index is 0.0709. The van der Waals surface area contributed by atoms with Gasteiger partial charge in [-0.25, -0.2) is 0 Å². The quantitative estimate of drug-likeness (QED) is 0.491. The first-order chi connectivity index (χ1) is 17.0. The molecule has 0 saturated carbocycles. The maximum atomic E-state index is 13.2. The summed E-state index contributed by atoms with van der Waals surface area (Å²) in [6.07, 6.45) is 6.03. The Morgan fingerprint density at radius 3 is 2.57 bits per heavy atom. The van der Waals surface area contributed by atoms with E-state index in [4.69, 9.17) is 4.42 Å². The molecular weight excluding hydrogens is 444 g/mol. The van der Waals surface area contributed by atoms with Crippen LogP contribution in [-0.4, -0.2) is 70.1 Å². The Labute approximate surface area is 204 Å². The van der Waals surface area contributed by atoms with Crippen LogP contribution in [0.1, 0.15) is 55.4 Å². The fraction of sp³-hybridized carbons (Fsp3) is 0.333. The molecule has 0 aliphatic carbocycles. The molecule has 8 nitrogen and oxygen atoms in total. The lowest BCUT2D eigenvalue weighted by molar-refractivity contribution is 0.0628. The van der Waals surface area contributed by atoms with Crippen molar-refractivity contribution in [2.45, 2.75) is 31.8 Å². The van der Waals surface area contributed by atoms with E-state index in [-0.39, 0.29) is 30.0 Å². The Morgan fingerprint density at radius 1 is 1.06 bits per heavy atom. The van der Waals surface area contributed by atoms with Crippen LogP contribution in [0.3, 0.4) is 0 Å². The summed E-state index contributed by atoms with van der Waals surface area (Å²) < 4.78 is 5.28. The molecule has 0 N–H and O–H groups in total. The molecule has 5 rings (SSSR count). The third kappa shape index (κ3) is 4.74. The SMILES string of the molecule is CN(C(=O)c1ccc2c(c1)C(=O)N(Cc1ccco1)C2=O)C1CCN(CCc2ccccn2)CC1. The fourth-order valence-corrected chi connectivity index (χ4v) is 4.84. The summed E-state index contributed by atoms with van der Waals surface area (Å²) in [6, 6.07) is 14.3. The molecule has 0 atom stereocenters. The number of hydrogen-bond acceptors (Lipinski definition) is 6. The van der Waals surface area contributed by atoms with Crippen molar-refractivity contribution in [1.82, 2.24) is 19.7 Å². The molecule has 2 aliphatic heterocycles. The van der Waals surface area contributed by atoms with E-state index < -0.39 is 5.91 Å². The number of aromatic nitrogens is 1. The standard InChI is InChI=1S/C27H28N4O4/c1-29(21-10-14-30(15-11-21)13-9-20-5-2-3-12-28-20)25(32)19-7-8-23-24(17-19)27(34)31(26(23)33)18-22-6-4-16-35-22/h2-8,12,16-17,21H,9-11,13-15,18H2,1H3. The van der Waals surface area contributed by atoms with Gasteiger partial charge < -0.3 is 14.2 Å². The number of piperidine rings is 1. The lowest BCUT2D eigenvalue weighted by atomic mass is 10.0. The maximum Gasteiger partial charge on any atom is 0.261 e. The molecule has 180 valence electrons. The smallest absolute Gasteiger partial charge is 0.261 e. The lowest BCUT2D eigenvalue weighted by Crippen LogP contribution is -2.46. The normalized spacial score (nSPS) is 16.5. The molecule has 8 heteroatoms. The number of benzene rings is 1. The highest BCUT2D eigenvalue weighted by atomic mass is 16.3. The highest BCUT2D eigenvalue weighted by Gasteiger charge is 2.37. The highest BCUT2D eigenvalue weighted by Crippen LogP contribution is 2.27. The minimum atomic E-state index is -0.403. The van der Waals surface area contributed by atoms with Crippen LogP contribution in [0.25, 0.3) is 0 Å². The molecule has 3 aromatic rings. The van der Waals surface area contributed by atoms with Crippen molar-refractivity contribution in [2.75, 3.05) is 26.7 Å². The number of furan rings is 1. The topological polar surface area (TPSA) is 87.0 Å². The van der Waals surface area contributed by atoms with Crippen LogP contribution >= 0.6 is 0 Å². The van der Waals surface area contributed by atoms with E-state index in [9.17, 15) is 14.4 Å². The summed E-state index contributed by atoms with van der Waals surface area (Å²) >= 11 is 0. The number of nitrogens with zero attached hydrogens (tertiary/aromatic N) is 4. The van der Waals surface area contributed by atoms with Crippen molar-refractivity contribution in [2.24, 2.45) is 0 Å². The first-order valence-electron chi connectivity index (χ1n) is 11.9. The largest absolute Gasteiger partial charge is 0.467 e. The van der Waals surface area contributed by atoms with Gasteiger partial charge in [0.1, 0.15) is 5.76 Å². The van der Waals surface area contributed by atoms with E-state index in [1.165, 1.54) is 6.26 Å². The van der Waals surface area contributed by atoms with Gasteiger partial charge in [-0.3, -0.25) is 24.3 Å². The number of carbonyl (C=O) groups excluding carboxylic acids is 3. The second kappa shape index (κ2) is 9.84. The van der Waals surface area contributed by atoms with Crippen molar-refractivity contribution in [3.05, 3.63) is 89.1 Å². The Kier molecular flexibility index (Phi) is 6.46. The fourth-order valence-electron chi connectivity index (χ4n) is 4.84. The first kappa shape index (κ1) is 23.0. The van der Waals surface area contributed by atoms with Gasteiger partial charge >= 0.3 is 0 Å². The molecule has 3 amide bonds. The van der Waals surface area contributed by atoms with Gasteiger partial charge in [-0.15, -0.1) is 0 Å². The summed E-state index contributed by atoms with van der Waals surface area (Å²) in [7, 11) is 1.82.